The normalized spacial score (nSPS) is 14.6. The van der Waals surface area contributed by atoms with Crippen LogP contribution in [0.3, 0.4) is 0 Å². The van der Waals surface area contributed by atoms with Gasteiger partial charge in [0.05, 0.1) is 7.11 Å². The van der Waals surface area contributed by atoms with Gasteiger partial charge in [-0.1, -0.05) is 0 Å². The molecular formula is C15H16N2O2. The van der Waals surface area contributed by atoms with E-state index in [1.807, 2.05) is 42.7 Å². The van der Waals surface area contributed by atoms with Crippen LogP contribution in [0.4, 0.5) is 0 Å². The number of fused-ring (bicyclic) bond motifs is 1. The smallest absolute Gasteiger partial charge is 0.142 e. The molecule has 4 heteroatoms. The summed E-state index contributed by atoms with van der Waals surface area (Å²) in [6.07, 6.45) is 3.63. The number of nitrogens with zero attached hydrogens (tertiary/aromatic N) is 2. The van der Waals surface area contributed by atoms with Crippen molar-refractivity contribution in [2.45, 2.75) is 13.1 Å². The number of pyridine rings is 1. The maximum atomic E-state index is 5.76. The van der Waals surface area contributed by atoms with E-state index in [1.54, 1.807) is 7.11 Å². The van der Waals surface area contributed by atoms with Gasteiger partial charge in [0.25, 0.3) is 0 Å². The Morgan fingerprint density at radius 2 is 2.11 bits per heavy atom. The third-order valence-electron chi connectivity index (χ3n) is 3.22. The molecule has 3 rings (SSSR count). The number of benzene rings is 1. The van der Waals surface area contributed by atoms with Crippen molar-refractivity contribution in [2.75, 3.05) is 13.8 Å². The van der Waals surface area contributed by atoms with Gasteiger partial charge in [-0.15, -0.1) is 0 Å². The van der Waals surface area contributed by atoms with E-state index in [0.717, 1.165) is 24.6 Å². The first-order valence-electron chi connectivity index (χ1n) is 6.26. The van der Waals surface area contributed by atoms with Crippen molar-refractivity contribution in [1.29, 1.82) is 0 Å². The first kappa shape index (κ1) is 12.0. The summed E-state index contributed by atoms with van der Waals surface area (Å²) in [4.78, 5) is 6.28. The highest BCUT2D eigenvalue weighted by molar-refractivity contribution is 5.41. The summed E-state index contributed by atoms with van der Waals surface area (Å²) in [7, 11) is 1.68. The van der Waals surface area contributed by atoms with Crippen molar-refractivity contribution >= 4 is 0 Å². The Morgan fingerprint density at radius 1 is 1.26 bits per heavy atom. The second kappa shape index (κ2) is 5.28. The van der Waals surface area contributed by atoms with Crippen LogP contribution in [0.2, 0.25) is 0 Å². The van der Waals surface area contributed by atoms with E-state index < -0.39 is 0 Å². The number of ether oxygens (including phenoxy) is 2. The van der Waals surface area contributed by atoms with Crippen LogP contribution in [0.15, 0.2) is 42.7 Å². The fourth-order valence-electron chi connectivity index (χ4n) is 2.24. The summed E-state index contributed by atoms with van der Waals surface area (Å²) in [6.45, 7) is 2.34. The predicted molar refractivity (Wildman–Crippen MR) is 72.0 cm³/mol. The molecular weight excluding hydrogens is 240 g/mol. The average molecular weight is 256 g/mol. The second-order valence-electron chi connectivity index (χ2n) is 4.59. The van der Waals surface area contributed by atoms with E-state index in [2.05, 4.69) is 9.88 Å². The number of rotatable bonds is 3. The van der Waals surface area contributed by atoms with Crippen LogP contribution in [0, 0.1) is 0 Å². The van der Waals surface area contributed by atoms with Gasteiger partial charge in [-0.2, -0.15) is 0 Å². The topological polar surface area (TPSA) is 34.6 Å². The lowest BCUT2D eigenvalue weighted by atomic mass is 10.1. The molecule has 0 unspecified atom stereocenters. The van der Waals surface area contributed by atoms with E-state index >= 15 is 0 Å². The summed E-state index contributed by atoms with van der Waals surface area (Å²) >= 11 is 0. The van der Waals surface area contributed by atoms with Crippen LogP contribution in [0.1, 0.15) is 11.1 Å². The number of hydrogen-bond acceptors (Lipinski definition) is 4. The van der Waals surface area contributed by atoms with E-state index in [4.69, 9.17) is 9.47 Å². The van der Waals surface area contributed by atoms with Crippen LogP contribution in [0.25, 0.3) is 0 Å². The van der Waals surface area contributed by atoms with Gasteiger partial charge in [0, 0.05) is 31.0 Å². The lowest BCUT2D eigenvalue weighted by molar-refractivity contribution is 0.0885. The van der Waals surface area contributed by atoms with Gasteiger partial charge in [-0.05, 0) is 35.9 Å². The molecule has 1 aliphatic heterocycles. The molecule has 0 saturated heterocycles. The van der Waals surface area contributed by atoms with Gasteiger partial charge >= 0.3 is 0 Å². The Morgan fingerprint density at radius 3 is 2.89 bits per heavy atom. The van der Waals surface area contributed by atoms with Gasteiger partial charge < -0.3 is 9.47 Å². The first-order valence-corrected chi connectivity index (χ1v) is 6.26. The van der Waals surface area contributed by atoms with Gasteiger partial charge in [-0.3, -0.25) is 9.88 Å². The van der Waals surface area contributed by atoms with Crippen LogP contribution >= 0.6 is 0 Å². The third-order valence-corrected chi connectivity index (χ3v) is 3.22. The molecule has 19 heavy (non-hydrogen) atoms. The van der Waals surface area contributed by atoms with Crippen LogP contribution in [-0.4, -0.2) is 23.7 Å². The minimum absolute atomic E-state index is 0.613. The zero-order valence-corrected chi connectivity index (χ0v) is 10.9. The highest BCUT2D eigenvalue weighted by Gasteiger charge is 2.17. The lowest BCUT2D eigenvalue weighted by Crippen LogP contribution is -2.31. The molecule has 0 atom stereocenters. The highest BCUT2D eigenvalue weighted by Crippen LogP contribution is 2.29. The van der Waals surface area contributed by atoms with Crippen LogP contribution < -0.4 is 9.47 Å². The average Bonchev–Trinajstić information content (AvgIpc) is 2.47. The lowest BCUT2D eigenvalue weighted by Gasteiger charge is -2.29. The standard InChI is InChI=1S/C15H16N2O2/c1-18-14-2-3-15-13(8-14)10-17(11-19-15)9-12-4-6-16-7-5-12/h2-8H,9-11H2,1H3. The van der Waals surface area contributed by atoms with E-state index in [0.29, 0.717) is 6.73 Å². The molecule has 0 radical (unpaired) electrons. The molecule has 2 heterocycles. The highest BCUT2D eigenvalue weighted by atomic mass is 16.5. The molecule has 1 aromatic carbocycles. The molecule has 0 fully saturated rings. The van der Waals surface area contributed by atoms with Crippen LogP contribution in [-0.2, 0) is 13.1 Å². The maximum absolute atomic E-state index is 5.76. The van der Waals surface area contributed by atoms with E-state index in [-0.39, 0.29) is 0 Å². The predicted octanol–water partition coefficient (Wildman–Crippen LogP) is 2.44. The molecule has 0 amide bonds. The van der Waals surface area contributed by atoms with Gasteiger partial charge in [-0.25, -0.2) is 0 Å². The van der Waals surface area contributed by atoms with Crippen molar-refractivity contribution in [1.82, 2.24) is 9.88 Å². The van der Waals surface area contributed by atoms with Crippen LogP contribution in [0.5, 0.6) is 11.5 Å². The van der Waals surface area contributed by atoms with E-state index in [1.165, 1.54) is 11.1 Å². The number of methoxy groups -OCH3 is 1. The number of aromatic nitrogens is 1. The summed E-state index contributed by atoms with van der Waals surface area (Å²) < 4.78 is 11.0. The summed E-state index contributed by atoms with van der Waals surface area (Å²) in [5.74, 6) is 1.82. The van der Waals surface area contributed by atoms with Crippen molar-refractivity contribution in [2.24, 2.45) is 0 Å². The SMILES string of the molecule is COc1ccc2c(c1)CN(Cc1ccncc1)CO2. The molecule has 0 saturated carbocycles. The fourth-order valence-corrected chi connectivity index (χ4v) is 2.24. The molecule has 4 nitrogen and oxygen atoms in total. The molecule has 2 aromatic rings. The molecule has 0 N–H and O–H groups in total. The fraction of sp³-hybridized carbons (Fsp3) is 0.267. The minimum Gasteiger partial charge on any atom is -0.497 e. The molecule has 0 aliphatic carbocycles. The Bertz CT molecular complexity index is 557. The molecule has 0 bridgehead atoms. The molecule has 1 aliphatic rings. The van der Waals surface area contributed by atoms with Crippen molar-refractivity contribution in [3.8, 4) is 11.5 Å². The molecule has 1 aromatic heterocycles. The summed E-state index contributed by atoms with van der Waals surface area (Å²) in [5, 5.41) is 0. The number of hydrogen-bond donors (Lipinski definition) is 0. The Balaban J connectivity index is 1.74. The van der Waals surface area contributed by atoms with E-state index in [9.17, 15) is 0 Å². The second-order valence-corrected chi connectivity index (χ2v) is 4.59. The Kier molecular flexibility index (Phi) is 3.33. The van der Waals surface area contributed by atoms with Crippen molar-refractivity contribution < 1.29 is 9.47 Å². The first-order chi connectivity index (χ1) is 9.35. The molecule has 98 valence electrons. The van der Waals surface area contributed by atoms with Crippen molar-refractivity contribution in [3.63, 3.8) is 0 Å². The van der Waals surface area contributed by atoms with Gasteiger partial charge in [0.2, 0.25) is 0 Å². The van der Waals surface area contributed by atoms with Crippen molar-refractivity contribution in [3.05, 3.63) is 53.9 Å². The van der Waals surface area contributed by atoms with Gasteiger partial charge in [0.15, 0.2) is 0 Å². The maximum Gasteiger partial charge on any atom is 0.142 e. The van der Waals surface area contributed by atoms with Gasteiger partial charge in [0.1, 0.15) is 18.2 Å². The monoisotopic (exact) mass is 256 g/mol. The minimum atomic E-state index is 0.613. The summed E-state index contributed by atoms with van der Waals surface area (Å²) in [6, 6.07) is 9.99. The largest absolute Gasteiger partial charge is 0.497 e. The third kappa shape index (κ3) is 2.69. The zero-order chi connectivity index (χ0) is 13.1. The Hall–Kier alpha value is -2.07. The summed E-state index contributed by atoms with van der Waals surface area (Å²) in [5.41, 5.74) is 2.41. The molecule has 0 spiro atoms. The Labute approximate surface area is 112 Å². The zero-order valence-electron chi connectivity index (χ0n) is 10.9. The quantitative estimate of drug-likeness (QED) is 0.845.